The molecule has 8 heteroatoms. The van der Waals surface area contributed by atoms with Gasteiger partial charge in [0.25, 0.3) is 0 Å². The molecular formula is C15H24Cl4N4. The summed E-state index contributed by atoms with van der Waals surface area (Å²) in [7, 11) is 0. The fourth-order valence-corrected chi connectivity index (χ4v) is 2.38. The summed E-state index contributed by atoms with van der Waals surface area (Å²) in [6.07, 6.45) is 0.817. The first-order chi connectivity index (χ1) is 9.12. The van der Waals surface area contributed by atoms with Gasteiger partial charge in [-0.15, -0.1) is 49.6 Å². The summed E-state index contributed by atoms with van der Waals surface area (Å²) >= 11 is 0. The number of hydrogen-bond donors (Lipinski definition) is 4. The quantitative estimate of drug-likeness (QED) is 0.357. The van der Waals surface area contributed by atoms with E-state index in [1.807, 2.05) is 48.5 Å². The van der Waals surface area contributed by atoms with E-state index < -0.39 is 5.54 Å². The van der Waals surface area contributed by atoms with Gasteiger partial charge in [-0.25, -0.2) is 5.43 Å². The van der Waals surface area contributed by atoms with Gasteiger partial charge in [-0.05, 0) is 41.8 Å². The van der Waals surface area contributed by atoms with Crippen LogP contribution in [0, 0.1) is 0 Å². The Morgan fingerprint density at radius 2 is 1.04 bits per heavy atom. The summed E-state index contributed by atoms with van der Waals surface area (Å²) < 4.78 is 0. The molecule has 4 nitrogen and oxygen atoms in total. The smallest absolute Gasteiger partial charge is 0.0816 e. The Hall–Kier alpha value is -0.880. The molecule has 0 unspecified atom stereocenters. The number of nitrogens with one attached hydrogen (secondary N) is 1. The lowest BCUT2D eigenvalue weighted by molar-refractivity contribution is 0.396. The first-order valence-electron chi connectivity index (χ1n) is 6.32. The van der Waals surface area contributed by atoms with Crippen molar-refractivity contribution in [1.82, 2.24) is 5.43 Å². The Balaban J connectivity index is -0.000001000. The highest BCUT2D eigenvalue weighted by atomic mass is 35.5. The second-order valence-electron chi connectivity index (χ2n) is 4.65. The van der Waals surface area contributed by atoms with Gasteiger partial charge in [0.15, 0.2) is 0 Å². The van der Waals surface area contributed by atoms with E-state index in [-0.39, 0.29) is 49.6 Å². The van der Waals surface area contributed by atoms with E-state index in [0.717, 1.165) is 28.9 Å². The fraction of sp³-hybridized carbons (Fsp3) is 0.200. The number of anilines is 2. The first kappa shape index (κ1) is 27.0. The molecule has 132 valence electrons. The van der Waals surface area contributed by atoms with Crippen molar-refractivity contribution >= 4 is 61.0 Å². The third-order valence-corrected chi connectivity index (χ3v) is 3.58. The highest BCUT2D eigenvalue weighted by molar-refractivity contribution is 5.86. The summed E-state index contributed by atoms with van der Waals surface area (Å²) in [4.78, 5) is 0. The van der Waals surface area contributed by atoms with Crippen molar-refractivity contribution in [2.45, 2.75) is 18.9 Å². The topological polar surface area (TPSA) is 90.1 Å². The summed E-state index contributed by atoms with van der Waals surface area (Å²) in [5.41, 5.74) is 17.7. The molecule has 0 atom stereocenters. The standard InChI is InChI=1S/C15H20N4.4ClH/c1-2-15(19-18,11-3-7-13(16)8-4-11)12-5-9-14(17)10-6-12;;;;/h3-10,19H,2,16-18H2,1H3;4*1H. The monoisotopic (exact) mass is 400 g/mol. The molecule has 0 aliphatic carbocycles. The number of rotatable bonds is 4. The van der Waals surface area contributed by atoms with Gasteiger partial charge in [0.1, 0.15) is 0 Å². The third kappa shape index (κ3) is 5.60. The number of benzene rings is 2. The van der Waals surface area contributed by atoms with E-state index in [1.54, 1.807) is 0 Å². The minimum absolute atomic E-state index is 0. The number of nitrogen functional groups attached to an aromatic ring is 2. The summed E-state index contributed by atoms with van der Waals surface area (Å²) in [5, 5.41) is 0. The Labute approximate surface area is 162 Å². The van der Waals surface area contributed by atoms with E-state index in [4.69, 9.17) is 17.3 Å². The van der Waals surface area contributed by atoms with E-state index in [9.17, 15) is 0 Å². The summed E-state index contributed by atoms with van der Waals surface area (Å²) in [5.74, 6) is 5.85. The highest BCUT2D eigenvalue weighted by Crippen LogP contribution is 2.33. The Bertz CT molecular complexity index is 495. The van der Waals surface area contributed by atoms with E-state index in [0.29, 0.717) is 0 Å². The van der Waals surface area contributed by atoms with Crippen molar-refractivity contribution in [3.05, 3.63) is 59.7 Å². The number of hydrazine groups is 1. The molecule has 0 fully saturated rings. The molecule has 0 heterocycles. The molecule has 2 aromatic rings. The molecule has 2 rings (SSSR count). The van der Waals surface area contributed by atoms with Crippen LogP contribution in [0.5, 0.6) is 0 Å². The van der Waals surface area contributed by atoms with Crippen LogP contribution in [0.2, 0.25) is 0 Å². The van der Waals surface area contributed by atoms with Gasteiger partial charge >= 0.3 is 0 Å². The lowest BCUT2D eigenvalue weighted by Gasteiger charge is -2.33. The second kappa shape index (κ2) is 11.6. The molecular weight excluding hydrogens is 378 g/mol. The summed E-state index contributed by atoms with van der Waals surface area (Å²) in [6.45, 7) is 2.09. The van der Waals surface area contributed by atoms with Crippen LogP contribution in [0.15, 0.2) is 48.5 Å². The molecule has 0 saturated heterocycles. The third-order valence-electron chi connectivity index (χ3n) is 3.58. The van der Waals surface area contributed by atoms with E-state index in [1.165, 1.54) is 0 Å². The van der Waals surface area contributed by atoms with Crippen LogP contribution in [0.1, 0.15) is 24.5 Å². The first-order valence-corrected chi connectivity index (χ1v) is 6.32. The average Bonchev–Trinajstić information content (AvgIpc) is 2.44. The predicted molar refractivity (Wildman–Crippen MR) is 109 cm³/mol. The van der Waals surface area contributed by atoms with Crippen molar-refractivity contribution in [1.29, 1.82) is 0 Å². The number of hydrogen-bond acceptors (Lipinski definition) is 4. The van der Waals surface area contributed by atoms with Crippen LogP contribution in [0.25, 0.3) is 0 Å². The minimum atomic E-state index is -0.429. The van der Waals surface area contributed by atoms with Crippen LogP contribution in [-0.2, 0) is 5.54 Å². The van der Waals surface area contributed by atoms with Crippen molar-refractivity contribution in [3.8, 4) is 0 Å². The molecule has 0 bridgehead atoms. The zero-order chi connectivity index (χ0) is 13.9. The largest absolute Gasteiger partial charge is 0.399 e. The number of nitrogens with two attached hydrogens (primary N) is 3. The molecule has 0 spiro atoms. The van der Waals surface area contributed by atoms with Gasteiger partial charge < -0.3 is 11.5 Å². The van der Waals surface area contributed by atoms with Gasteiger partial charge in [-0.3, -0.25) is 5.84 Å². The highest BCUT2D eigenvalue weighted by Gasteiger charge is 2.30. The van der Waals surface area contributed by atoms with Gasteiger partial charge in [0, 0.05) is 11.4 Å². The molecule has 0 aromatic heterocycles. The number of halogens is 4. The molecule has 7 N–H and O–H groups in total. The molecule has 0 saturated carbocycles. The van der Waals surface area contributed by atoms with Crippen LogP contribution in [0.3, 0.4) is 0 Å². The maximum Gasteiger partial charge on any atom is 0.0816 e. The van der Waals surface area contributed by atoms with Crippen molar-refractivity contribution in [2.24, 2.45) is 5.84 Å². The SMILES string of the molecule is CCC(NN)(c1ccc(N)cc1)c1ccc(N)cc1.Cl.Cl.Cl.Cl. The lowest BCUT2D eigenvalue weighted by Crippen LogP contribution is -2.47. The Morgan fingerprint density at radius 3 is 1.26 bits per heavy atom. The molecule has 2 aromatic carbocycles. The second-order valence-corrected chi connectivity index (χ2v) is 4.65. The zero-order valence-electron chi connectivity index (χ0n) is 12.7. The van der Waals surface area contributed by atoms with E-state index in [2.05, 4.69) is 12.3 Å². The van der Waals surface area contributed by atoms with Crippen LogP contribution < -0.4 is 22.7 Å². The van der Waals surface area contributed by atoms with Gasteiger partial charge in [-0.1, -0.05) is 31.2 Å². The van der Waals surface area contributed by atoms with Crippen molar-refractivity contribution in [3.63, 3.8) is 0 Å². The maximum atomic E-state index is 5.85. The minimum Gasteiger partial charge on any atom is -0.399 e. The molecule has 23 heavy (non-hydrogen) atoms. The fourth-order valence-electron chi connectivity index (χ4n) is 2.38. The van der Waals surface area contributed by atoms with Crippen molar-refractivity contribution in [2.75, 3.05) is 11.5 Å². The maximum absolute atomic E-state index is 5.85. The molecule has 0 aliphatic rings. The van der Waals surface area contributed by atoms with Gasteiger partial charge in [0.2, 0.25) is 0 Å². The van der Waals surface area contributed by atoms with E-state index >= 15 is 0 Å². The molecule has 0 radical (unpaired) electrons. The van der Waals surface area contributed by atoms with Gasteiger partial charge in [-0.2, -0.15) is 0 Å². The van der Waals surface area contributed by atoms with Gasteiger partial charge in [0.05, 0.1) is 5.54 Å². The predicted octanol–water partition coefficient (Wildman–Crippen LogP) is 3.66. The average molecular weight is 402 g/mol. The van der Waals surface area contributed by atoms with Crippen LogP contribution in [-0.4, -0.2) is 0 Å². The summed E-state index contributed by atoms with van der Waals surface area (Å²) in [6, 6.07) is 15.5. The Morgan fingerprint density at radius 1 is 0.739 bits per heavy atom. The lowest BCUT2D eigenvalue weighted by atomic mass is 9.81. The van der Waals surface area contributed by atoms with Crippen LogP contribution >= 0.6 is 49.6 Å². The van der Waals surface area contributed by atoms with Crippen LogP contribution in [0.4, 0.5) is 11.4 Å². The molecule has 0 amide bonds. The Kier molecular flexibility index (Phi) is 13.6. The van der Waals surface area contributed by atoms with Crippen molar-refractivity contribution < 1.29 is 0 Å². The molecule has 0 aliphatic heterocycles. The normalized spacial score (nSPS) is 9.48. The zero-order valence-corrected chi connectivity index (χ0v) is 16.0.